The van der Waals surface area contributed by atoms with E-state index in [4.69, 9.17) is 9.26 Å². The summed E-state index contributed by atoms with van der Waals surface area (Å²) in [4.78, 5) is 0. The van der Waals surface area contributed by atoms with Crippen molar-refractivity contribution in [3.05, 3.63) is 52.9 Å². The van der Waals surface area contributed by atoms with Gasteiger partial charge in [0.15, 0.2) is 0 Å². The molecule has 5 heteroatoms. The summed E-state index contributed by atoms with van der Waals surface area (Å²) in [5.74, 6) is 0.815. The third-order valence-corrected chi connectivity index (χ3v) is 3.28. The second-order valence-corrected chi connectivity index (χ2v) is 5.09. The summed E-state index contributed by atoms with van der Waals surface area (Å²) in [6.07, 6.45) is -0.533. The molecule has 2 rings (SSSR count). The number of ether oxygens (including phenoxy) is 1. The molecule has 114 valence electrons. The summed E-state index contributed by atoms with van der Waals surface area (Å²) >= 11 is 0. The fourth-order valence-corrected chi connectivity index (χ4v) is 2.06. The molecule has 1 heterocycles. The maximum atomic E-state index is 9.87. The van der Waals surface area contributed by atoms with Crippen LogP contribution in [0.4, 0.5) is 0 Å². The van der Waals surface area contributed by atoms with Gasteiger partial charge in [0.1, 0.15) is 5.76 Å². The number of nitrogens with zero attached hydrogens (tertiary/aromatic N) is 1. The van der Waals surface area contributed by atoms with Crippen LogP contribution in [-0.2, 0) is 17.9 Å². The van der Waals surface area contributed by atoms with Crippen LogP contribution in [0.15, 0.2) is 34.9 Å². The summed E-state index contributed by atoms with van der Waals surface area (Å²) in [5, 5.41) is 17.0. The van der Waals surface area contributed by atoms with Crippen molar-refractivity contribution >= 4 is 0 Å². The van der Waals surface area contributed by atoms with Gasteiger partial charge in [-0.25, -0.2) is 0 Å². The Labute approximate surface area is 124 Å². The number of aryl methyl sites for hydroxylation is 2. The molecule has 2 N–H and O–H groups in total. The Kier molecular flexibility index (Phi) is 5.92. The lowest BCUT2D eigenvalue weighted by Gasteiger charge is -2.12. The number of benzene rings is 1. The predicted molar refractivity (Wildman–Crippen MR) is 79.8 cm³/mol. The van der Waals surface area contributed by atoms with Gasteiger partial charge in [-0.05, 0) is 19.4 Å². The van der Waals surface area contributed by atoms with Gasteiger partial charge < -0.3 is 19.7 Å². The van der Waals surface area contributed by atoms with E-state index in [1.165, 1.54) is 0 Å². The van der Waals surface area contributed by atoms with Gasteiger partial charge in [0, 0.05) is 18.7 Å². The van der Waals surface area contributed by atoms with E-state index in [-0.39, 0.29) is 0 Å². The quantitative estimate of drug-likeness (QED) is 0.778. The minimum atomic E-state index is -0.533. The van der Waals surface area contributed by atoms with Crippen LogP contribution in [0.25, 0.3) is 0 Å². The van der Waals surface area contributed by atoms with Gasteiger partial charge in [-0.1, -0.05) is 35.5 Å². The van der Waals surface area contributed by atoms with Crippen molar-refractivity contribution in [2.24, 2.45) is 0 Å². The van der Waals surface area contributed by atoms with Crippen molar-refractivity contribution in [1.82, 2.24) is 10.5 Å². The smallest absolute Gasteiger partial charge is 0.138 e. The number of nitrogens with one attached hydrogen (secondary N) is 1. The van der Waals surface area contributed by atoms with E-state index >= 15 is 0 Å². The van der Waals surface area contributed by atoms with Crippen LogP contribution in [0.2, 0.25) is 0 Å². The van der Waals surface area contributed by atoms with E-state index in [1.807, 2.05) is 44.2 Å². The average molecular weight is 290 g/mol. The van der Waals surface area contributed by atoms with E-state index in [0.717, 1.165) is 22.6 Å². The molecule has 0 fully saturated rings. The minimum absolute atomic E-state index is 0.309. The molecule has 1 atom stereocenters. The Morgan fingerprint density at radius 2 is 2.05 bits per heavy atom. The highest BCUT2D eigenvalue weighted by Gasteiger charge is 2.09. The summed E-state index contributed by atoms with van der Waals surface area (Å²) in [5.41, 5.74) is 3.04. The Hall–Kier alpha value is -1.69. The van der Waals surface area contributed by atoms with Crippen LogP contribution in [-0.4, -0.2) is 29.5 Å². The molecule has 0 aliphatic rings. The fourth-order valence-electron chi connectivity index (χ4n) is 2.06. The van der Waals surface area contributed by atoms with E-state index in [2.05, 4.69) is 10.5 Å². The van der Waals surface area contributed by atoms with Gasteiger partial charge in [-0.15, -0.1) is 0 Å². The number of hydrogen-bond acceptors (Lipinski definition) is 5. The van der Waals surface area contributed by atoms with Crippen molar-refractivity contribution in [1.29, 1.82) is 0 Å². The standard InChI is InChI=1S/C16H22N2O3/c1-12-16(13(2)21-18-12)9-17-8-15(19)11-20-10-14-6-4-3-5-7-14/h3-7,15,17,19H,8-11H2,1-2H3. The normalized spacial score (nSPS) is 12.5. The molecule has 5 nitrogen and oxygen atoms in total. The largest absolute Gasteiger partial charge is 0.389 e. The van der Waals surface area contributed by atoms with Crippen LogP contribution >= 0.6 is 0 Å². The molecule has 21 heavy (non-hydrogen) atoms. The summed E-state index contributed by atoms with van der Waals surface area (Å²) in [6.45, 7) is 5.73. The Morgan fingerprint density at radius 1 is 1.29 bits per heavy atom. The first-order valence-corrected chi connectivity index (χ1v) is 7.09. The van der Waals surface area contributed by atoms with Gasteiger partial charge in [-0.3, -0.25) is 0 Å². The lowest BCUT2D eigenvalue weighted by Crippen LogP contribution is -2.30. The molecule has 0 bridgehead atoms. The Morgan fingerprint density at radius 3 is 2.71 bits per heavy atom. The van der Waals surface area contributed by atoms with Crippen LogP contribution in [0.5, 0.6) is 0 Å². The zero-order valence-electron chi connectivity index (χ0n) is 12.5. The van der Waals surface area contributed by atoms with Gasteiger partial charge >= 0.3 is 0 Å². The van der Waals surface area contributed by atoms with E-state index < -0.39 is 6.10 Å². The molecule has 0 amide bonds. The van der Waals surface area contributed by atoms with Crippen LogP contribution in [0, 0.1) is 13.8 Å². The monoisotopic (exact) mass is 290 g/mol. The van der Waals surface area contributed by atoms with Crippen LogP contribution in [0.3, 0.4) is 0 Å². The lowest BCUT2D eigenvalue weighted by molar-refractivity contribution is 0.0287. The third kappa shape index (κ3) is 4.97. The zero-order chi connectivity index (χ0) is 15.1. The average Bonchev–Trinajstić information content (AvgIpc) is 2.80. The molecular weight excluding hydrogens is 268 g/mol. The minimum Gasteiger partial charge on any atom is -0.389 e. The van der Waals surface area contributed by atoms with Crippen molar-refractivity contribution in [3.8, 4) is 0 Å². The highest BCUT2D eigenvalue weighted by atomic mass is 16.5. The van der Waals surface area contributed by atoms with Crippen molar-refractivity contribution in [2.45, 2.75) is 33.1 Å². The number of hydrogen-bond donors (Lipinski definition) is 2. The highest BCUT2D eigenvalue weighted by molar-refractivity contribution is 5.20. The van der Waals surface area contributed by atoms with Crippen molar-refractivity contribution < 1.29 is 14.4 Å². The lowest BCUT2D eigenvalue weighted by atomic mass is 10.2. The van der Waals surface area contributed by atoms with E-state index in [9.17, 15) is 5.11 Å². The van der Waals surface area contributed by atoms with Crippen molar-refractivity contribution in [3.63, 3.8) is 0 Å². The van der Waals surface area contributed by atoms with E-state index in [0.29, 0.717) is 26.3 Å². The number of aliphatic hydroxyl groups is 1. The van der Waals surface area contributed by atoms with Gasteiger partial charge in [0.2, 0.25) is 0 Å². The molecule has 0 aliphatic carbocycles. The molecule has 1 unspecified atom stereocenters. The summed E-state index contributed by atoms with van der Waals surface area (Å²) in [6, 6.07) is 9.92. The molecule has 2 aromatic rings. The zero-order valence-corrected chi connectivity index (χ0v) is 12.5. The first kappa shape index (κ1) is 15.7. The molecule has 1 aromatic heterocycles. The maximum absolute atomic E-state index is 9.87. The highest BCUT2D eigenvalue weighted by Crippen LogP contribution is 2.11. The molecule has 0 radical (unpaired) electrons. The molecule has 1 aromatic carbocycles. The Bertz CT molecular complexity index is 520. The number of aromatic nitrogens is 1. The maximum Gasteiger partial charge on any atom is 0.138 e. The summed E-state index contributed by atoms with van der Waals surface area (Å²) in [7, 11) is 0. The number of aliphatic hydroxyl groups excluding tert-OH is 1. The summed E-state index contributed by atoms with van der Waals surface area (Å²) < 4.78 is 10.6. The van der Waals surface area contributed by atoms with Crippen molar-refractivity contribution in [2.75, 3.05) is 13.2 Å². The second kappa shape index (κ2) is 7.93. The van der Waals surface area contributed by atoms with Crippen LogP contribution < -0.4 is 5.32 Å². The predicted octanol–water partition coefficient (Wildman–Crippen LogP) is 1.96. The van der Waals surface area contributed by atoms with Gasteiger partial charge in [0.25, 0.3) is 0 Å². The van der Waals surface area contributed by atoms with Gasteiger partial charge in [-0.2, -0.15) is 0 Å². The first-order valence-electron chi connectivity index (χ1n) is 7.09. The SMILES string of the molecule is Cc1noc(C)c1CNCC(O)COCc1ccccc1. The Balaban J connectivity index is 1.63. The molecule has 0 saturated carbocycles. The first-order chi connectivity index (χ1) is 10.2. The molecular formula is C16H22N2O3. The number of rotatable bonds is 8. The van der Waals surface area contributed by atoms with E-state index in [1.54, 1.807) is 0 Å². The molecule has 0 saturated heterocycles. The third-order valence-electron chi connectivity index (χ3n) is 3.28. The molecule has 0 spiro atoms. The topological polar surface area (TPSA) is 67.5 Å². The fraction of sp³-hybridized carbons (Fsp3) is 0.438. The van der Waals surface area contributed by atoms with Gasteiger partial charge in [0.05, 0.1) is 25.0 Å². The molecule has 0 aliphatic heterocycles. The second-order valence-electron chi connectivity index (χ2n) is 5.09. The van der Waals surface area contributed by atoms with Crippen LogP contribution in [0.1, 0.15) is 22.6 Å².